The number of aliphatic hydroxyl groups excluding tert-OH is 2. The number of phenolic OH excluding ortho intramolecular Hbond substituents is 1. The zero-order valence-corrected chi connectivity index (χ0v) is 24.3. The fourth-order valence-corrected chi connectivity index (χ4v) is 4.07. The van der Waals surface area contributed by atoms with E-state index in [-0.39, 0.29) is 18.6 Å². The summed E-state index contributed by atoms with van der Waals surface area (Å²) in [6.07, 6.45) is -2.60. The van der Waals surface area contributed by atoms with E-state index in [1.807, 2.05) is 0 Å². The maximum atomic E-state index is 13.4. The van der Waals surface area contributed by atoms with E-state index in [2.05, 4.69) is 21.3 Å². The van der Waals surface area contributed by atoms with Gasteiger partial charge in [-0.05, 0) is 30.2 Å². The summed E-state index contributed by atoms with van der Waals surface area (Å²) in [5.74, 6) is -6.97. The molecule has 2 aromatic rings. The number of nitrogens with two attached hydrogens (primary N) is 1. The SMILES string of the molecule is C[C@@H](O)[C@H](NC(=O)[C@H](Cc1ccc(O)cc1)NC(=O)[C@H](CO)NC(=O)[C@@H](N)CC(=O)O)C(=O)N[C@@H](Cc1ccccc1)C(=O)O. The van der Waals surface area contributed by atoms with Gasteiger partial charge < -0.3 is 52.5 Å². The number of hydrogen-bond donors (Lipinski definition) is 10. The highest BCUT2D eigenvalue weighted by molar-refractivity contribution is 5.96. The van der Waals surface area contributed by atoms with E-state index in [9.17, 15) is 49.2 Å². The number of phenols is 1. The average Bonchev–Trinajstić information content (AvgIpc) is 2.98. The molecular weight excluding hydrogens is 594 g/mol. The van der Waals surface area contributed by atoms with Crippen LogP contribution in [-0.4, -0.2) is 104 Å². The van der Waals surface area contributed by atoms with Crippen LogP contribution in [0.3, 0.4) is 0 Å². The van der Waals surface area contributed by atoms with Crippen LogP contribution in [-0.2, 0) is 41.6 Å². The molecule has 0 saturated carbocycles. The van der Waals surface area contributed by atoms with E-state index in [0.717, 1.165) is 0 Å². The maximum Gasteiger partial charge on any atom is 0.326 e. The first-order valence-electron chi connectivity index (χ1n) is 13.7. The summed E-state index contributed by atoms with van der Waals surface area (Å²) in [6, 6.07) is 6.19. The number of carbonyl (C=O) groups excluding carboxylic acids is 4. The van der Waals surface area contributed by atoms with Gasteiger partial charge in [0.05, 0.1) is 25.2 Å². The summed E-state index contributed by atoms with van der Waals surface area (Å²) >= 11 is 0. The Kier molecular flexibility index (Phi) is 13.9. The molecule has 0 radical (unpaired) electrons. The standard InChI is InChI=1S/C29H37N5O11/c1-15(36)24(28(43)32-21(29(44)45)12-16-5-3-2-4-6-16)34-26(41)20(11-17-7-9-18(37)10-8-17)31-27(42)22(14-35)33-25(40)19(30)13-23(38)39/h2-10,15,19-22,24,35-37H,11-14,30H2,1H3,(H,31,42)(H,32,43)(H,33,40)(H,34,41)(H,38,39)(H,44,45)/t15-,19+,20+,21+,22+,24+/m1/s1. The van der Waals surface area contributed by atoms with Crippen molar-refractivity contribution in [2.24, 2.45) is 5.73 Å². The summed E-state index contributed by atoms with van der Waals surface area (Å²) in [5.41, 5.74) is 6.53. The molecular formula is C29H37N5O11. The second-order valence-corrected chi connectivity index (χ2v) is 10.2. The van der Waals surface area contributed by atoms with Crippen LogP contribution >= 0.6 is 0 Å². The van der Waals surface area contributed by atoms with E-state index < -0.39 is 84.9 Å². The van der Waals surface area contributed by atoms with E-state index >= 15 is 0 Å². The Morgan fingerprint density at radius 2 is 1.22 bits per heavy atom. The molecule has 0 aliphatic rings. The third-order valence-electron chi connectivity index (χ3n) is 6.52. The molecule has 0 fully saturated rings. The third-order valence-corrected chi connectivity index (χ3v) is 6.52. The number of carbonyl (C=O) groups is 6. The molecule has 0 spiro atoms. The minimum Gasteiger partial charge on any atom is -0.508 e. The van der Waals surface area contributed by atoms with Gasteiger partial charge in [0.25, 0.3) is 0 Å². The highest BCUT2D eigenvalue weighted by Gasteiger charge is 2.34. The maximum absolute atomic E-state index is 13.4. The van der Waals surface area contributed by atoms with Crippen molar-refractivity contribution in [2.75, 3.05) is 6.61 Å². The van der Waals surface area contributed by atoms with Crippen LogP contribution < -0.4 is 27.0 Å². The molecule has 0 aliphatic heterocycles. The number of nitrogens with one attached hydrogen (secondary N) is 4. The summed E-state index contributed by atoms with van der Waals surface area (Å²) in [6.45, 7) is 0.227. The van der Waals surface area contributed by atoms with Gasteiger partial charge in [0, 0.05) is 12.8 Å². The number of benzene rings is 2. The van der Waals surface area contributed by atoms with Crippen molar-refractivity contribution in [3.63, 3.8) is 0 Å². The highest BCUT2D eigenvalue weighted by atomic mass is 16.4. The Hall–Kier alpha value is -5.06. The number of carboxylic acid groups (broad SMARTS) is 2. The summed E-state index contributed by atoms with van der Waals surface area (Å²) in [4.78, 5) is 74.5. The van der Waals surface area contributed by atoms with Crippen LogP contribution in [0.15, 0.2) is 54.6 Å². The van der Waals surface area contributed by atoms with Crippen molar-refractivity contribution in [2.45, 2.75) is 62.5 Å². The number of aromatic hydroxyl groups is 1. The largest absolute Gasteiger partial charge is 0.508 e. The fraction of sp³-hybridized carbons (Fsp3) is 0.379. The number of rotatable bonds is 17. The predicted octanol–water partition coefficient (Wildman–Crippen LogP) is -2.62. The molecule has 4 amide bonds. The van der Waals surface area contributed by atoms with Crippen molar-refractivity contribution in [3.05, 3.63) is 65.7 Å². The van der Waals surface area contributed by atoms with Gasteiger partial charge in [-0.1, -0.05) is 42.5 Å². The van der Waals surface area contributed by atoms with Gasteiger partial charge in [-0.2, -0.15) is 0 Å². The van der Waals surface area contributed by atoms with Crippen molar-refractivity contribution >= 4 is 35.6 Å². The molecule has 2 aromatic carbocycles. The van der Waals surface area contributed by atoms with Gasteiger partial charge in [0.1, 0.15) is 29.9 Å². The van der Waals surface area contributed by atoms with Crippen LogP contribution in [0.2, 0.25) is 0 Å². The summed E-state index contributed by atoms with van der Waals surface area (Å²) < 4.78 is 0. The van der Waals surface area contributed by atoms with E-state index in [0.29, 0.717) is 11.1 Å². The molecule has 45 heavy (non-hydrogen) atoms. The van der Waals surface area contributed by atoms with Crippen LogP contribution in [0.4, 0.5) is 0 Å². The van der Waals surface area contributed by atoms with Crippen molar-refractivity contribution < 1.29 is 54.3 Å². The molecule has 0 unspecified atom stereocenters. The quantitative estimate of drug-likeness (QED) is 0.0859. The fourth-order valence-electron chi connectivity index (χ4n) is 4.07. The minimum absolute atomic E-state index is 0.0844. The molecule has 11 N–H and O–H groups in total. The first-order valence-corrected chi connectivity index (χ1v) is 13.7. The lowest BCUT2D eigenvalue weighted by Gasteiger charge is -2.27. The second-order valence-electron chi connectivity index (χ2n) is 10.2. The molecule has 0 saturated heterocycles. The second kappa shape index (κ2) is 17.3. The highest BCUT2D eigenvalue weighted by Crippen LogP contribution is 2.12. The van der Waals surface area contributed by atoms with Gasteiger partial charge in [-0.25, -0.2) is 4.79 Å². The van der Waals surface area contributed by atoms with Crippen LogP contribution in [0.1, 0.15) is 24.5 Å². The zero-order valence-electron chi connectivity index (χ0n) is 24.3. The molecule has 6 atom stereocenters. The molecule has 0 aliphatic carbocycles. The minimum atomic E-state index is -1.67. The number of aliphatic carboxylic acids is 2. The van der Waals surface area contributed by atoms with Crippen molar-refractivity contribution in [1.82, 2.24) is 21.3 Å². The van der Waals surface area contributed by atoms with Crippen LogP contribution in [0.25, 0.3) is 0 Å². The number of carboxylic acids is 2. The van der Waals surface area contributed by atoms with Gasteiger partial charge >= 0.3 is 11.9 Å². The van der Waals surface area contributed by atoms with E-state index in [1.54, 1.807) is 30.3 Å². The lowest BCUT2D eigenvalue weighted by molar-refractivity contribution is -0.143. The van der Waals surface area contributed by atoms with Crippen molar-refractivity contribution in [3.8, 4) is 5.75 Å². The third kappa shape index (κ3) is 11.9. The molecule has 244 valence electrons. The number of hydrogen-bond acceptors (Lipinski definition) is 10. The van der Waals surface area contributed by atoms with Crippen LogP contribution in [0, 0.1) is 0 Å². The first-order chi connectivity index (χ1) is 21.2. The Morgan fingerprint density at radius 3 is 1.76 bits per heavy atom. The van der Waals surface area contributed by atoms with E-state index in [4.69, 9.17) is 10.8 Å². The lowest BCUT2D eigenvalue weighted by Crippen LogP contribution is -2.61. The Bertz CT molecular complexity index is 1340. The zero-order chi connectivity index (χ0) is 33.7. The molecule has 16 nitrogen and oxygen atoms in total. The van der Waals surface area contributed by atoms with Gasteiger partial charge in [0.2, 0.25) is 23.6 Å². The topological polar surface area (TPSA) is 278 Å². The van der Waals surface area contributed by atoms with Crippen molar-refractivity contribution in [1.29, 1.82) is 0 Å². The van der Waals surface area contributed by atoms with E-state index in [1.165, 1.54) is 31.2 Å². The number of amides is 4. The number of aliphatic hydroxyl groups is 2. The lowest BCUT2D eigenvalue weighted by atomic mass is 10.0. The van der Waals surface area contributed by atoms with Gasteiger partial charge in [-0.15, -0.1) is 0 Å². The van der Waals surface area contributed by atoms with Gasteiger partial charge in [0.15, 0.2) is 0 Å². The molecule has 16 heteroatoms. The normalized spacial score (nSPS) is 14.8. The van der Waals surface area contributed by atoms with Gasteiger partial charge in [-0.3, -0.25) is 24.0 Å². The monoisotopic (exact) mass is 631 g/mol. The average molecular weight is 632 g/mol. The molecule has 0 aromatic heterocycles. The Balaban J connectivity index is 2.25. The Morgan fingerprint density at radius 1 is 0.711 bits per heavy atom. The summed E-state index contributed by atoms with van der Waals surface area (Å²) in [7, 11) is 0. The van der Waals surface area contributed by atoms with Crippen LogP contribution in [0.5, 0.6) is 5.75 Å². The molecule has 0 heterocycles. The first kappa shape index (κ1) is 36.1. The molecule has 0 bridgehead atoms. The Labute approximate surface area is 257 Å². The molecule has 2 rings (SSSR count). The smallest absolute Gasteiger partial charge is 0.326 e. The predicted molar refractivity (Wildman–Crippen MR) is 156 cm³/mol. The summed E-state index contributed by atoms with van der Waals surface area (Å²) in [5, 5.41) is 57.2.